The van der Waals surface area contributed by atoms with Gasteiger partial charge < -0.3 is 0 Å². The largest absolute Gasteiger partial charge is 0.254 e. The Labute approximate surface area is 35.3 Å². The zero-order valence-electron chi connectivity index (χ0n) is 2.86. The third kappa shape index (κ3) is 3.80. The maximum Gasteiger partial charge on any atom is 0.149 e. The summed E-state index contributed by atoms with van der Waals surface area (Å²) >= 11 is 1.02. The fraction of sp³-hybridized carbons (Fsp3) is 0.500. The molecule has 0 bridgehead atoms. The van der Waals surface area contributed by atoms with Crippen LogP contribution in [0.1, 0.15) is 0 Å². The summed E-state index contributed by atoms with van der Waals surface area (Å²) in [5, 5.41) is 9.54. The van der Waals surface area contributed by atoms with Gasteiger partial charge in [0.15, 0.2) is 0 Å². The van der Waals surface area contributed by atoms with Crippen molar-refractivity contribution in [2.75, 3.05) is 7.05 Å². The van der Waals surface area contributed by atoms with Crippen molar-refractivity contribution in [2.24, 2.45) is 0 Å². The molecule has 0 aliphatic rings. The van der Waals surface area contributed by atoms with Crippen LogP contribution in [0.25, 0.3) is 0 Å². The van der Waals surface area contributed by atoms with Crippen molar-refractivity contribution in [1.82, 2.24) is 4.72 Å². The first-order valence-electron chi connectivity index (χ1n) is 1.13. The third-order valence-corrected chi connectivity index (χ3v) is 0.443. The molecule has 0 saturated carbocycles. The van der Waals surface area contributed by atoms with Crippen LogP contribution in [0.2, 0.25) is 0 Å². The summed E-state index contributed by atoms with van der Waals surface area (Å²) in [6.07, 6.45) is 0. The maximum atomic E-state index is 7.72. The summed E-state index contributed by atoms with van der Waals surface area (Å²) in [7, 11) is 1.70. The topological polar surface area (TPSA) is 35.8 Å². The molecule has 0 aliphatic carbocycles. The van der Waals surface area contributed by atoms with Crippen molar-refractivity contribution < 1.29 is 0 Å². The number of hydrogen-bond donors (Lipinski definition) is 1. The first-order chi connectivity index (χ1) is 2.41. The molecule has 2 nitrogen and oxygen atoms in total. The van der Waals surface area contributed by atoms with E-state index in [0.717, 1.165) is 11.9 Å². The molecule has 0 unspecified atom stereocenters. The van der Waals surface area contributed by atoms with Crippen molar-refractivity contribution in [1.29, 1.82) is 5.26 Å². The van der Waals surface area contributed by atoms with E-state index in [0.29, 0.717) is 0 Å². The molecule has 0 atom stereocenters. The molecule has 0 radical (unpaired) electrons. The van der Waals surface area contributed by atoms with Gasteiger partial charge in [-0.1, -0.05) is 0 Å². The lowest BCUT2D eigenvalue weighted by Gasteiger charge is -1.71. The summed E-state index contributed by atoms with van der Waals surface area (Å²) in [5.74, 6) is 0. The highest BCUT2D eigenvalue weighted by Gasteiger charge is 1.62. The van der Waals surface area contributed by atoms with E-state index < -0.39 is 0 Å². The van der Waals surface area contributed by atoms with Gasteiger partial charge in [0.1, 0.15) is 5.40 Å². The average Bonchev–Trinajstić information content (AvgIpc) is 1.41. The fourth-order valence-corrected chi connectivity index (χ4v) is 0.137. The molecular weight excluding hydrogens is 84.1 g/mol. The van der Waals surface area contributed by atoms with E-state index in [1.165, 1.54) is 0 Å². The molecule has 0 aromatic heterocycles. The molecule has 0 fully saturated rings. The molecule has 3 heteroatoms. The molecule has 1 N–H and O–H groups in total. The Bertz CT molecular complexity index is 46.1. The molecule has 0 aromatic carbocycles. The van der Waals surface area contributed by atoms with Crippen molar-refractivity contribution in [3.63, 3.8) is 0 Å². The first kappa shape index (κ1) is 4.80. The van der Waals surface area contributed by atoms with Crippen molar-refractivity contribution in [3.8, 4) is 5.40 Å². The van der Waals surface area contributed by atoms with Gasteiger partial charge in [-0.2, -0.15) is 5.26 Å². The van der Waals surface area contributed by atoms with Crippen molar-refractivity contribution in [2.45, 2.75) is 0 Å². The third-order valence-electron chi connectivity index (χ3n) is 0.148. The van der Waals surface area contributed by atoms with E-state index in [-0.39, 0.29) is 0 Å². The summed E-state index contributed by atoms with van der Waals surface area (Å²) in [5.41, 5.74) is 0. The highest BCUT2D eigenvalue weighted by Crippen LogP contribution is 1.78. The molecule has 0 saturated heterocycles. The second-order valence-electron chi connectivity index (χ2n) is 0.397. The highest BCUT2D eigenvalue weighted by molar-refractivity contribution is 8.01. The monoisotopic (exact) mass is 88.0 g/mol. The standard InChI is InChI=1S/C2H4N2S/c1-4-5-2-3/h4H,1H3. The van der Waals surface area contributed by atoms with Crippen LogP contribution in [0, 0.1) is 10.7 Å². The highest BCUT2D eigenvalue weighted by atomic mass is 32.2. The van der Waals surface area contributed by atoms with Crippen LogP contribution in [0.5, 0.6) is 0 Å². The van der Waals surface area contributed by atoms with E-state index >= 15 is 0 Å². The number of rotatable bonds is 1. The second kappa shape index (κ2) is 3.80. The van der Waals surface area contributed by atoms with Gasteiger partial charge in [0, 0.05) is 11.9 Å². The number of nitriles is 1. The lowest BCUT2D eigenvalue weighted by molar-refractivity contribution is 1.31. The molecule has 5 heavy (non-hydrogen) atoms. The van der Waals surface area contributed by atoms with Gasteiger partial charge in [0.05, 0.1) is 0 Å². The van der Waals surface area contributed by atoms with Crippen molar-refractivity contribution >= 4 is 11.9 Å². The summed E-state index contributed by atoms with van der Waals surface area (Å²) in [4.78, 5) is 0. The predicted octanol–water partition coefficient (Wildman–Crippen LogP) is 0.335. The molecule has 0 aliphatic heterocycles. The zero-order chi connectivity index (χ0) is 4.12. The van der Waals surface area contributed by atoms with Crippen LogP contribution in [0.3, 0.4) is 0 Å². The van der Waals surface area contributed by atoms with Gasteiger partial charge in [0.2, 0.25) is 0 Å². The Morgan fingerprint density at radius 2 is 2.60 bits per heavy atom. The minimum absolute atomic E-state index is 1.02. The number of thiocyanates is 1. The van der Waals surface area contributed by atoms with E-state index in [1.807, 2.05) is 5.40 Å². The normalized spacial score (nSPS) is 6.40. The van der Waals surface area contributed by atoms with Crippen LogP contribution >= 0.6 is 11.9 Å². The van der Waals surface area contributed by atoms with Crippen molar-refractivity contribution in [3.05, 3.63) is 0 Å². The molecular formula is C2H4N2S. The Balaban J connectivity index is 2.48. The van der Waals surface area contributed by atoms with Crippen LogP contribution < -0.4 is 4.72 Å². The van der Waals surface area contributed by atoms with Crippen LogP contribution in [0.4, 0.5) is 0 Å². The van der Waals surface area contributed by atoms with E-state index in [2.05, 4.69) is 4.72 Å². The lowest BCUT2D eigenvalue weighted by atomic mass is 11.6. The molecule has 0 heterocycles. The van der Waals surface area contributed by atoms with Gasteiger partial charge >= 0.3 is 0 Å². The molecule has 28 valence electrons. The summed E-state index contributed by atoms with van der Waals surface area (Å²) in [6.45, 7) is 0. The van der Waals surface area contributed by atoms with Crippen LogP contribution in [-0.2, 0) is 0 Å². The van der Waals surface area contributed by atoms with Gasteiger partial charge in [-0.25, -0.2) is 0 Å². The van der Waals surface area contributed by atoms with E-state index in [4.69, 9.17) is 5.26 Å². The predicted molar refractivity (Wildman–Crippen MR) is 22.3 cm³/mol. The van der Waals surface area contributed by atoms with E-state index in [9.17, 15) is 0 Å². The minimum Gasteiger partial charge on any atom is -0.254 e. The average molecular weight is 88.1 g/mol. The fourth-order valence-electron chi connectivity index (χ4n) is 0.0456. The molecule has 0 rings (SSSR count). The number of nitrogens with zero attached hydrogens (tertiary/aromatic N) is 1. The Hall–Kier alpha value is -0.200. The number of hydrogen-bond acceptors (Lipinski definition) is 3. The summed E-state index contributed by atoms with van der Waals surface area (Å²) < 4.78 is 2.57. The summed E-state index contributed by atoms with van der Waals surface area (Å²) in [6, 6.07) is 0. The SMILES string of the molecule is CNSC#N. The van der Waals surface area contributed by atoms with Gasteiger partial charge in [0.25, 0.3) is 0 Å². The van der Waals surface area contributed by atoms with Gasteiger partial charge in [-0.3, -0.25) is 4.72 Å². The van der Waals surface area contributed by atoms with E-state index in [1.54, 1.807) is 7.05 Å². The quantitative estimate of drug-likeness (QED) is 0.371. The Morgan fingerprint density at radius 1 is 2.00 bits per heavy atom. The van der Waals surface area contributed by atoms with Crippen LogP contribution in [0.15, 0.2) is 0 Å². The van der Waals surface area contributed by atoms with Crippen LogP contribution in [-0.4, -0.2) is 7.05 Å². The maximum absolute atomic E-state index is 7.72. The van der Waals surface area contributed by atoms with Gasteiger partial charge in [-0.05, 0) is 7.05 Å². The van der Waals surface area contributed by atoms with Gasteiger partial charge in [-0.15, -0.1) is 0 Å². The molecule has 0 spiro atoms. The molecule has 0 amide bonds. The molecule has 0 aromatic rings. The number of nitrogens with one attached hydrogen (secondary N) is 1. The minimum atomic E-state index is 1.02. The Morgan fingerprint density at radius 3 is 2.60 bits per heavy atom. The zero-order valence-corrected chi connectivity index (χ0v) is 3.67. The smallest absolute Gasteiger partial charge is 0.149 e. The Kier molecular flexibility index (Phi) is 3.65. The first-order valence-corrected chi connectivity index (χ1v) is 1.95. The second-order valence-corrected chi connectivity index (χ2v) is 1.19. The lowest BCUT2D eigenvalue weighted by Crippen LogP contribution is -1.85.